The largest absolute Gasteiger partial charge is 0.445 e. The summed E-state index contributed by atoms with van der Waals surface area (Å²) in [5.41, 5.74) is 2.28. The highest BCUT2D eigenvalue weighted by Gasteiger charge is 2.55. The number of benzene rings is 3. The summed E-state index contributed by atoms with van der Waals surface area (Å²) < 4.78 is 19.8. The summed E-state index contributed by atoms with van der Waals surface area (Å²) >= 11 is 6.04. The quantitative estimate of drug-likeness (QED) is 0.322. The number of halogens is 2. The molecule has 194 valence electrons. The minimum Gasteiger partial charge on any atom is -0.445 e. The SMILES string of the molecule is O=CBN1C(=O)C2(CCN(C(=O)OCc3ccccc3)C2)C[C@H]1Cc1ccc(-c2cc(Cl)ccc2F)cc1. The molecule has 3 aromatic rings. The van der Waals surface area contributed by atoms with Crippen molar-refractivity contribution >= 4 is 37.2 Å². The fraction of sp³-hybridized carbons (Fsp3) is 0.276. The van der Waals surface area contributed by atoms with Gasteiger partial charge >= 0.3 is 13.5 Å². The van der Waals surface area contributed by atoms with Crippen LogP contribution in [0.4, 0.5) is 9.18 Å². The topological polar surface area (TPSA) is 66.9 Å². The van der Waals surface area contributed by atoms with Crippen molar-refractivity contribution < 1.29 is 23.5 Å². The highest BCUT2D eigenvalue weighted by atomic mass is 35.5. The Morgan fingerprint density at radius 2 is 1.87 bits per heavy atom. The predicted molar refractivity (Wildman–Crippen MR) is 145 cm³/mol. The fourth-order valence-corrected chi connectivity index (χ4v) is 5.78. The Bertz CT molecular complexity index is 1340. The fourth-order valence-electron chi connectivity index (χ4n) is 5.60. The number of hydrogen-bond donors (Lipinski definition) is 0. The number of hydrogen-bond acceptors (Lipinski definition) is 4. The van der Waals surface area contributed by atoms with Gasteiger partial charge in [-0.2, -0.15) is 0 Å². The average molecular weight is 533 g/mol. The molecule has 0 N–H and O–H groups in total. The van der Waals surface area contributed by atoms with Gasteiger partial charge in [-0.05, 0) is 54.2 Å². The molecule has 9 heteroatoms. The zero-order valence-electron chi connectivity index (χ0n) is 20.8. The summed E-state index contributed by atoms with van der Waals surface area (Å²) in [6.07, 6.45) is 1.94. The molecule has 0 saturated carbocycles. The first-order valence-electron chi connectivity index (χ1n) is 12.6. The second kappa shape index (κ2) is 11.0. The molecule has 2 atom stereocenters. The van der Waals surface area contributed by atoms with Crippen molar-refractivity contribution in [2.75, 3.05) is 13.1 Å². The molecular weight excluding hydrogens is 506 g/mol. The second-order valence-electron chi connectivity index (χ2n) is 10.00. The molecule has 0 aliphatic carbocycles. The third kappa shape index (κ3) is 5.32. The highest BCUT2D eigenvalue weighted by Crippen LogP contribution is 2.44. The normalized spacial score (nSPS) is 20.7. The summed E-state index contributed by atoms with van der Waals surface area (Å²) in [6.45, 7) is 0.880. The van der Waals surface area contributed by atoms with E-state index in [4.69, 9.17) is 16.3 Å². The van der Waals surface area contributed by atoms with Crippen LogP contribution in [0.1, 0.15) is 24.0 Å². The van der Waals surface area contributed by atoms with E-state index in [1.165, 1.54) is 12.1 Å². The molecule has 0 bridgehead atoms. The number of ether oxygens (including phenoxy) is 1. The second-order valence-corrected chi connectivity index (χ2v) is 10.4. The minimum atomic E-state index is -0.719. The van der Waals surface area contributed by atoms with Crippen LogP contribution >= 0.6 is 11.6 Å². The maximum atomic E-state index is 14.3. The summed E-state index contributed by atoms with van der Waals surface area (Å²) in [6, 6.07) is 21.2. The third-order valence-corrected chi connectivity index (χ3v) is 7.77. The summed E-state index contributed by atoms with van der Waals surface area (Å²) in [4.78, 5) is 40.9. The van der Waals surface area contributed by atoms with E-state index >= 15 is 0 Å². The van der Waals surface area contributed by atoms with Gasteiger partial charge in [-0.25, -0.2) is 9.18 Å². The first kappa shape index (κ1) is 26.0. The summed E-state index contributed by atoms with van der Waals surface area (Å²) in [5, 5.41) is 0.458. The van der Waals surface area contributed by atoms with Crippen LogP contribution in [-0.4, -0.2) is 54.4 Å². The molecule has 1 spiro atoms. The van der Waals surface area contributed by atoms with Crippen LogP contribution in [0.15, 0.2) is 72.8 Å². The predicted octanol–water partition coefficient (Wildman–Crippen LogP) is 4.86. The van der Waals surface area contributed by atoms with Crippen LogP contribution in [0.25, 0.3) is 11.1 Å². The monoisotopic (exact) mass is 532 g/mol. The number of rotatable bonds is 7. The Morgan fingerprint density at radius 3 is 2.61 bits per heavy atom. The van der Waals surface area contributed by atoms with Gasteiger partial charge in [0, 0.05) is 29.7 Å². The van der Waals surface area contributed by atoms with E-state index in [-0.39, 0.29) is 38.3 Å². The van der Waals surface area contributed by atoms with E-state index in [2.05, 4.69) is 0 Å². The lowest BCUT2D eigenvalue weighted by atomic mass is 9.83. The molecule has 2 aliphatic heterocycles. The zero-order chi connectivity index (χ0) is 26.7. The lowest BCUT2D eigenvalue weighted by Gasteiger charge is -2.23. The van der Waals surface area contributed by atoms with Crippen LogP contribution in [0.3, 0.4) is 0 Å². The van der Waals surface area contributed by atoms with Gasteiger partial charge in [0.2, 0.25) is 5.91 Å². The zero-order valence-corrected chi connectivity index (χ0v) is 21.6. The molecule has 2 heterocycles. The van der Waals surface area contributed by atoms with Gasteiger partial charge in [-0.3, -0.25) is 4.79 Å². The van der Waals surface area contributed by atoms with E-state index in [0.717, 1.165) is 17.3 Å². The van der Waals surface area contributed by atoms with Gasteiger partial charge in [-0.1, -0.05) is 66.2 Å². The van der Waals surface area contributed by atoms with E-state index < -0.39 is 11.5 Å². The minimum absolute atomic E-state index is 0.00944. The van der Waals surface area contributed by atoms with Crippen LogP contribution in [0.5, 0.6) is 0 Å². The molecule has 2 saturated heterocycles. The molecule has 2 aliphatic rings. The van der Waals surface area contributed by atoms with Crippen LogP contribution < -0.4 is 0 Å². The maximum absolute atomic E-state index is 14.3. The number of nitrogens with zero attached hydrogens (tertiary/aromatic N) is 2. The standard InChI is InChI=1S/C29H27BClFN2O4/c31-23-10-11-26(32)25(15-23)22-8-6-20(7-9-22)14-24-16-29(27(36)34(24)30-19-35)12-13-33(18-29)28(37)38-17-21-4-2-1-3-5-21/h1-11,15,19,24,30H,12-14,16-18H2/t24-,29?/m1/s1. The molecular formula is C29H27BClFN2O4. The van der Waals surface area contributed by atoms with E-state index in [1.807, 2.05) is 54.6 Å². The summed E-state index contributed by atoms with van der Waals surface area (Å²) in [5.74, 6) is -0.443. The number of carbonyl (C=O) groups excluding carboxylic acids is 3. The van der Waals surface area contributed by atoms with Crippen LogP contribution in [-0.2, 0) is 27.4 Å². The van der Waals surface area contributed by atoms with Crippen LogP contribution in [0, 0.1) is 11.2 Å². The Hall–Kier alpha value is -3.65. The molecule has 3 aromatic carbocycles. The molecule has 0 aromatic heterocycles. The van der Waals surface area contributed by atoms with Crippen molar-refractivity contribution in [1.29, 1.82) is 0 Å². The van der Waals surface area contributed by atoms with E-state index in [9.17, 15) is 18.8 Å². The van der Waals surface area contributed by atoms with Gasteiger partial charge < -0.3 is 19.2 Å². The van der Waals surface area contributed by atoms with Crippen molar-refractivity contribution in [3.05, 3.63) is 94.8 Å². The average Bonchev–Trinajstić information content (AvgIpc) is 3.47. The smallest absolute Gasteiger partial charge is 0.410 e. The number of amides is 2. The lowest BCUT2D eigenvalue weighted by molar-refractivity contribution is -0.132. The van der Waals surface area contributed by atoms with Crippen molar-refractivity contribution in [3.63, 3.8) is 0 Å². The van der Waals surface area contributed by atoms with Crippen molar-refractivity contribution in [2.45, 2.75) is 31.9 Å². The maximum Gasteiger partial charge on any atom is 0.410 e. The van der Waals surface area contributed by atoms with Gasteiger partial charge in [-0.15, -0.1) is 0 Å². The molecule has 2 amide bonds. The molecule has 2 fully saturated rings. The van der Waals surface area contributed by atoms with Crippen molar-refractivity contribution in [1.82, 2.24) is 9.71 Å². The molecule has 0 radical (unpaired) electrons. The Kier molecular flexibility index (Phi) is 7.52. The van der Waals surface area contributed by atoms with Gasteiger partial charge in [0.25, 0.3) is 0 Å². The summed E-state index contributed by atoms with van der Waals surface area (Å²) in [7, 11) is 0.00944. The number of carbonyl (C=O) groups is 3. The van der Waals surface area contributed by atoms with Gasteiger partial charge in [0.05, 0.1) is 5.41 Å². The first-order valence-corrected chi connectivity index (χ1v) is 13.0. The van der Waals surface area contributed by atoms with E-state index in [1.54, 1.807) is 15.8 Å². The Labute approximate surface area is 226 Å². The Morgan fingerprint density at radius 1 is 1.11 bits per heavy atom. The third-order valence-electron chi connectivity index (χ3n) is 7.53. The van der Waals surface area contributed by atoms with Gasteiger partial charge in [0.15, 0.2) is 0 Å². The van der Waals surface area contributed by atoms with Gasteiger partial charge in [0.1, 0.15) is 18.6 Å². The van der Waals surface area contributed by atoms with Crippen molar-refractivity contribution in [2.24, 2.45) is 5.41 Å². The first-order chi connectivity index (χ1) is 18.4. The molecule has 5 rings (SSSR count). The van der Waals surface area contributed by atoms with Crippen molar-refractivity contribution in [3.8, 4) is 11.1 Å². The molecule has 6 nitrogen and oxygen atoms in total. The molecule has 1 unspecified atom stereocenters. The Balaban J connectivity index is 1.26. The molecule has 38 heavy (non-hydrogen) atoms. The van der Waals surface area contributed by atoms with E-state index in [0.29, 0.717) is 42.0 Å². The lowest BCUT2D eigenvalue weighted by Crippen LogP contribution is -2.42. The van der Waals surface area contributed by atoms with Crippen LogP contribution in [0.2, 0.25) is 5.02 Å². The highest BCUT2D eigenvalue weighted by molar-refractivity contribution is 6.66. The number of likely N-dealkylation sites (tertiary alicyclic amines) is 1.